The average Bonchev–Trinajstić information content (AvgIpc) is 3.26. The second-order valence-corrected chi connectivity index (χ2v) is 10.2. The van der Waals surface area contributed by atoms with Crippen molar-refractivity contribution < 1.29 is 8.42 Å². The van der Waals surface area contributed by atoms with E-state index >= 15 is 0 Å². The van der Waals surface area contributed by atoms with Crippen LogP contribution in [0.5, 0.6) is 0 Å². The van der Waals surface area contributed by atoms with E-state index in [4.69, 9.17) is 0 Å². The van der Waals surface area contributed by atoms with Crippen molar-refractivity contribution in [3.8, 4) is 0 Å². The molecule has 0 amide bonds. The summed E-state index contributed by atoms with van der Waals surface area (Å²) in [6.07, 6.45) is 5.43. The highest BCUT2D eigenvalue weighted by molar-refractivity contribution is 7.92. The molecule has 0 spiro atoms. The molecule has 5 rings (SSSR count). The van der Waals surface area contributed by atoms with E-state index in [1.54, 1.807) is 6.07 Å². The van der Waals surface area contributed by atoms with E-state index in [1.807, 2.05) is 50.2 Å². The molecule has 0 unspecified atom stereocenters. The lowest BCUT2D eigenvalue weighted by atomic mass is 9.77. The summed E-state index contributed by atoms with van der Waals surface area (Å²) in [7, 11) is -3.68. The number of sulfonamides is 1. The fourth-order valence-electron chi connectivity index (χ4n) is 4.86. The average molecular weight is 431 g/mol. The third-order valence-electron chi connectivity index (χ3n) is 6.43. The molecule has 158 valence electrons. The van der Waals surface area contributed by atoms with Gasteiger partial charge in [-0.1, -0.05) is 60.2 Å². The third-order valence-corrected chi connectivity index (χ3v) is 7.79. The molecule has 0 bridgehead atoms. The van der Waals surface area contributed by atoms with Crippen LogP contribution in [0, 0.1) is 19.8 Å². The fourth-order valence-corrected chi connectivity index (χ4v) is 6.03. The predicted octanol–water partition coefficient (Wildman–Crippen LogP) is 5.93. The van der Waals surface area contributed by atoms with Crippen LogP contribution in [0.2, 0.25) is 0 Å². The van der Waals surface area contributed by atoms with E-state index in [9.17, 15) is 8.42 Å². The molecule has 1 heterocycles. The Bertz CT molecular complexity index is 1270. The zero-order chi connectivity index (χ0) is 21.6. The number of benzene rings is 3. The molecule has 3 aromatic carbocycles. The maximum Gasteiger partial charge on any atom is 0.261 e. The summed E-state index contributed by atoms with van der Waals surface area (Å²) in [6.45, 7) is 3.91. The van der Waals surface area contributed by atoms with E-state index in [2.05, 4.69) is 46.5 Å². The summed E-state index contributed by atoms with van der Waals surface area (Å²) in [5.74, 6) is 0.581. The number of nitrogens with one attached hydrogen (secondary N) is 2. The zero-order valence-corrected chi connectivity index (χ0v) is 18.5. The summed E-state index contributed by atoms with van der Waals surface area (Å²) >= 11 is 0. The Morgan fingerprint density at radius 3 is 2.55 bits per heavy atom. The number of fused-ring (bicyclic) bond motifs is 3. The number of allylic oxidation sites excluding steroid dienone is 2. The highest BCUT2D eigenvalue weighted by Gasteiger charge is 2.38. The van der Waals surface area contributed by atoms with Crippen molar-refractivity contribution in [2.45, 2.75) is 37.1 Å². The lowest BCUT2D eigenvalue weighted by Gasteiger charge is -2.37. The molecule has 0 saturated carbocycles. The van der Waals surface area contributed by atoms with Gasteiger partial charge in [0.05, 0.1) is 16.6 Å². The van der Waals surface area contributed by atoms with Gasteiger partial charge in [-0.15, -0.1) is 0 Å². The summed E-state index contributed by atoms with van der Waals surface area (Å²) in [5, 5.41) is 3.67. The molecule has 0 fully saturated rings. The molecular formula is C26H26N2O2S. The summed E-state index contributed by atoms with van der Waals surface area (Å²) in [4.78, 5) is 0.297. The van der Waals surface area contributed by atoms with Crippen LogP contribution >= 0.6 is 0 Å². The highest BCUT2D eigenvalue weighted by Crippen LogP contribution is 2.50. The minimum atomic E-state index is -3.68. The van der Waals surface area contributed by atoms with Gasteiger partial charge in [-0.3, -0.25) is 4.72 Å². The van der Waals surface area contributed by atoms with Crippen LogP contribution in [0.1, 0.15) is 40.6 Å². The molecule has 0 saturated heterocycles. The van der Waals surface area contributed by atoms with Gasteiger partial charge in [0.15, 0.2) is 0 Å². The lowest BCUT2D eigenvalue weighted by molar-refractivity contribution is 0.425. The highest BCUT2D eigenvalue weighted by atomic mass is 32.2. The number of hydrogen-bond acceptors (Lipinski definition) is 3. The first-order valence-electron chi connectivity index (χ1n) is 10.6. The Morgan fingerprint density at radius 2 is 1.77 bits per heavy atom. The molecule has 3 aromatic rings. The molecule has 4 nitrogen and oxygen atoms in total. The monoisotopic (exact) mass is 430 g/mol. The molecular weight excluding hydrogens is 404 g/mol. The second-order valence-electron chi connectivity index (χ2n) is 8.56. The summed E-state index contributed by atoms with van der Waals surface area (Å²) in [5.41, 5.74) is 5.95. The van der Waals surface area contributed by atoms with Gasteiger partial charge in [-0.25, -0.2) is 8.42 Å². The molecule has 0 aromatic heterocycles. The van der Waals surface area contributed by atoms with E-state index in [0.717, 1.165) is 28.8 Å². The van der Waals surface area contributed by atoms with Crippen LogP contribution in [0.4, 0.5) is 11.4 Å². The van der Waals surface area contributed by atoms with Gasteiger partial charge in [0.25, 0.3) is 10.0 Å². The van der Waals surface area contributed by atoms with Crippen LogP contribution in [0.3, 0.4) is 0 Å². The van der Waals surface area contributed by atoms with Gasteiger partial charge < -0.3 is 5.32 Å². The Labute approximate surface area is 184 Å². The van der Waals surface area contributed by atoms with Crippen LogP contribution in [0.25, 0.3) is 0 Å². The van der Waals surface area contributed by atoms with E-state index in [-0.39, 0.29) is 12.0 Å². The van der Waals surface area contributed by atoms with Crippen LogP contribution in [-0.2, 0) is 10.0 Å². The van der Waals surface area contributed by atoms with Crippen molar-refractivity contribution in [2.24, 2.45) is 5.92 Å². The standard InChI is InChI=1S/C26H26N2O2S/c1-17-11-13-24(18(2)15-17)28-31(29,30)20-12-14-25-23(16-20)21-9-6-10-22(21)26(27-25)19-7-4-3-5-8-19/h3-9,11-16,21-22,26-28H,10H2,1-2H3/t21-,22+,26+/m0/s1. The third kappa shape index (κ3) is 3.63. The van der Waals surface area contributed by atoms with Crippen molar-refractivity contribution in [1.82, 2.24) is 0 Å². The largest absolute Gasteiger partial charge is 0.378 e. The van der Waals surface area contributed by atoms with Crippen molar-refractivity contribution in [2.75, 3.05) is 10.0 Å². The van der Waals surface area contributed by atoms with E-state index in [1.165, 1.54) is 5.56 Å². The summed E-state index contributed by atoms with van der Waals surface area (Å²) in [6, 6.07) is 21.8. The smallest absolute Gasteiger partial charge is 0.261 e. The van der Waals surface area contributed by atoms with Gasteiger partial charge in [0, 0.05) is 11.6 Å². The quantitative estimate of drug-likeness (QED) is 0.504. The van der Waals surface area contributed by atoms with Crippen molar-refractivity contribution >= 4 is 21.4 Å². The number of anilines is 2. The Kier molecular flexibility index (Phi) is 4.86. The molecule has 1 aliphatic carbocycles. The second kappa shape index (κ2) is 7.57. The number of rotatable bonds is 4. The van der Waals surface area contributed by atoms with Crippen LogP contribution in [0.15, 0.2) is 83.8 Å². The normalized spacial score (nSPS) is 21.8. The topological polar surface area (TPSA) is 58.2 Å². The minimum absolute atomic E-state index is 0.206. The van der Waals surface area contributed by atoms with Gasteiger partial charge in [0.1, 0.15) is 0 Å². The SMILES string of the molecule is Cc1ccc(NS(=O)(=O)c2ccc3c(c2)[C@H]2C=CC[C@H]2[C@@H](c2ccccc2)N3)c(C)c1. The van der Waals surface area contributed by atoms with Crippen molar-refractivity contribution in [3.05, 3.63) is 101 Å². The molecule has 2 N–H and O–H groups in total. The molecule has 2 aliphatic rings. The number of aryl methyl sites for hydroxylation is 2. The Hall–Kier alpha value is -3.05. The molecule has 31 heavy (non-hydrogen) atoms. The van der Waals surface area contributed by atoms with Crippen molar-refractivity contribution in [3.63, 3.8) is 0 Å². The maximum atomic E-state index is 13.2. The molecule has 1 aliphatic heterocycles. The van der Waals surface area contributed by atoms with E-state index in [0.29, 0.717) is 16.5 Å². The molecule has 3 atom stereocenters. The minimum Gasteiger partial charge on any atom is -0.378 e. The van der Waals surface area contributed by atoms with Gasteiger partial charge in [0.2, 0.25) is 0 Å². The van der Waals surface area contributed by atoms with Crippen LogP contribution in [-0.4, -0.2) is 8.42 Å². The zero-order valence-electron chi connectivity index (χ0n) is 17.7. The predicted molar refractivity (Wildman–Crippen MR) is 126 cm³/mol. The first kappa shape index (κ1) is 19.9. The van der Waals surface area contributed by atoms with E-state index < -0.39 is 10.0 Å². The Balaban J connectivity index is 1.49. The fraction of sp³-hybridized carbons (Fsp3) is 0.231. The first-order chi connectivity index (χ1) is 14.9. The first-order valence-corrected chi connectivity index (χ1v) is 12.1. The van der Waals surface area contributed by atoms with Gasteiger partial charge in [-0.05, 0) is 67.1 Å². The lowest BCUT2D eigenvalue weighted by Crippen LogP contribution is -2.29. The van der Waals surface area contributed by atoms with Crippen LogP contribution < -0.4 is 10.0 Å². The Morgan fingerprint density at radius 1 is 0.968 bits per heavy atom. The summed E-state index contributed by atoms with van der Waals surface area (Å²) < 4.78 is 29.1. The van der Waals surface area contributed by atoms with Gasteiger partial charge in [-0.2, -0.15) is 0 Å². The van der Waals surface area contributed by atoms with Gasteiger partial charge >= 0.3 is 0 Å². The molecule has 0 radical (unpaired) electrons. The maximum absolute atomic E-state index is 13.2. The van der Waals surface area contributed by atoms with Crippen molar-refractivity contribution in [1.29, 1.82) is 0 Å². The number of hydrogen-bond donors (Lipinski definition) is 2. The molecule has 5 heteroatoms.